The molecule has 1 aliphatic rings. The van der Waals surface area contributed by atoms with Crippen LogP contribution in [0.2, 0.25) is 0 Å². The molecule has 3 heterocycles. The zero-order chi connectivity index (χ0) is 30.2. The van der Waals surface area contributed by atoms with Crippen molar-refractivity contribution in [1.82, 2.24) is 29.7 Å². The Morgan fingerprint density at radius 2 is 1.90 bits per heavy atom. The minimum Gasteiger partial charge on any atom is -0.343 e. The SMILES string of the molecule is Cc1c(C(=O)N[C@H](c2cn3ncc(C=N[S@@](=O)C(C)(C)C)cc3n2)C2CCC(F)(F)CC2)cnn1CCC(F)(F)F. The number of amides is 1. The molecule has 15 heteroatoms. The Morgan fingerprint density at radius 3 is 2.54 bits per heavy atom. The van der Waals surface area contributed by atoms with Gasteiger partial charge in [0.15, 0.2) is 5.65 Å². The average Bonchev–Trinajstić information content (AvgIpc) is 3.46. The molecule has 0 unspecified atom stereocenters. The molecule has 224 valence electrons. The van der Waals surface area contributed by atoms with Crippen molar-refractivity contribution in [3.63, 3.8) is 0 Å². The number of carbonyl (C=O) groups excluding carboxylic acids is 1. The molecule has 3 aromatic rings. The summed E-state index contributed by atoms with van der Waals surface area (Å²) in [5.41, 5.74) is 1.70. The van der Waals surface area contributed by atoms with Crippen molar-refractivity contribution in [1.29, 1.82) is 0 Å². The maximum Gasteiger partial charge on any atom is 0.390 e. The Labute approximate surface area is 236 Å². The third-order valence-electron chi connectivity index (χ3n) is 6.97. The lowest BCUT2D eigenvalue weighted by Crippen LogP contribution is -2.37. The van der Waals surface area contributed by atoms with E-state index >= 15 is 0 Å². The van der Waals surface area contributed by atoms with Crippen molar-refractivity contribution in [2.75, 3.05) is 0 Å². The number of hydrogen-bond donors (Lipinski definition) is 1. The number of aromatic nitrogens is 5. The Balaban J connectivity index is 1.60. The molecule has 0 spiro atoms. The Morgan fingerprint density at radius 1 is 1.22 bits per heavy atom. The number of rotatable bonds is 8. The number of carbonyl (C=O) groups is 1. The molecule has 1 saturated carbocycles. The van der Waals surface area contributed by atoms with Crippen LogP contribution in [-0.4, -0.2) is 57.6 Å². The van der Waals surface area contributed by atoms with Crippen LogP contribution < -0.4 is 5.32 Å². The number of nitrogens with zero attached hydrogens (tertiary/aromatic N) is 6. The first-order chi connectivity index (χ1) is 19.0. The van der Waals surface area contributed by atoms with E-state index in [0.29, 0.717) is 16.9 Å². The van der Waals surface area contributed by atoms with E-state index in [1.165, 1.54) is 30.0 Å². The van der Waals surface area contributed by atoms with Crippen LogP contribution in [0.3, 0.4) is 0 Å². The summed E-state index contributed by atoms with van der Waals surface area (Å²) in [6.45, 7) is 6.46. The lowest BCUT2D eigenvalue weighted by atomic mass is 9.81. The fourth-order valence-corrected chi connectivity index (χ4v) is 5.11. The van der Waals surface area contributed by atoms with Gasteiger partial charge in [-0.25, -0.2) is 22.5 Å². The molecule has 0 aromatic carbocycles. The van der Waals surface area contributed by atoms with Gasteiger partial charge in [0.05, 0.1) is 47.1 Å². The van der Waals surface area contributed by atoms with E-state index < -0.39 is 52.7 Å². The molecular weight excluding hydrogens is 569 g/mol. The number of fused-ring (bicyclic) bond motifs is 1. The van der Waals surface area contributed by atoms with Crippen LogP contribution >= 0.6 is 0 Å². The van der Waals surface area contributed by atoms with E-state index in [0.717, 1.165) is 4.68 Å². The second-order valence-electron chi connectivity index (χ2n) is 11.2. The highest BCUT2D eigenvalue weighted by molar-refractivity contribution is 7.85. The van der Waals surface area contributed by atoms with E-state index in [1.54, 1.807) is 33.0 Å². The van der Waals surface area contributed by atoms with Crippen molar-refractivity contribution in [3.8, 4) is 0 Å². The third kappa shape index (κ3) is 7.74. The van der Waals surface area contributed by atoms with E-state index in [4.69, 9.17) is 0 Å². The van der Waals surface area contributed by atoms with Gasteiger partial charge in [-0.1, -0.05) is 0 Å². The molecule has 1 amide bonds. The highest BCUT2D eigenvalue weighted by Gasteiger charge is 2.39. The molecule has 41 heavy (non-hydrogen) atoms. The molecule has 1 N–H and O–H groups in total. The smallest absolute Gasteiger partial charge is 0.343 e. The summed E-state index contributed by atoms with van der Waals surface area (Å²) < 4.78 is 84.4. The predicted octanol–water partition coefficient (Wildman–Crippen LogP) is 5.36. The molecule has 0 radical (unpaired) electrons. The number of halogens is 5. The quantitative estimate of drug-likeness (QED) is 0.276. The Kier molecular flexibility index (Phi) is 8.67. The van der Waals surface area contributed by atoms with Crippen LogP contribution in [0, 0.1) is 12.8 Å². The maximum absolute atomic E-state index is 14.0. The van der Waals surface area contributed by atoms with Gasteiger partial charge in [0.1, 0.15) is 11.0 Å². The average molecular weight is 602 g/mol. The predicted molar refractivity (Wildman–Crippen MR) is 143 cm³/mol. The second-order valence-corrected chi connectivity index (χ2v) is 13.2. The number of imidazole rings is 1. The van der Waals surface area contributed by atoms with Crippen molar-refractivity contribution in [2.24, 2.45) is 10.3 Å². The number of nitrogens with one attached hydrogen (secondary N) is 1. The van der Waals surface area contributed by atoms with Gasteiger partial charge < -0.3 is 5.32 Å². The molecule has 0 bridgehead atoms. The van der Waals surface area contributed by atoms with E-state index in [1.807, 2.05) is 0 Å². The Bertz CT molecular complexity index is 1450. The fourth-order valence-electron chi connectivity index (χ4n) is 4.57. The number of hydrogen-bond acceptors (Lipinski definition) is 5. The van der Waals surface area contributed by atoms with Crippen molar-refractivity contribution in [2.45, 2.75) is 89.2 Å². The van der Waals surface area contributed by atoms with Gasteiger partial charge in [-0.15, -0.1) is 0 Å². The Hall–Kier alpha value is -3.23. The summed E-state index contributed by atoms with van der Waals surface area (Å²) in [6.07, 6.45) is -0.125. The van der Waals surface area contributed by atoms with Gasteiger partial charge in [-0.2, -0.15) is 27.8 Å². The molecule has 0 aliphatic heterocycles. The third-order valence-corrected chi connectivity index (χ3v) is 8.32. The van der Waals surface area contributed by atoms with Crippen molar-refractivity contribution < 1.29 is 31.0 Å². The first-order valence-corrected chi connectivity index (χ1v) is 14.2. The van der Waals surface area contributed by atoms with Gasteiger partial charge in [0.25, 0.3) is 5.91 Å². The molecule has 9 nitrogen and oxygen atoms in total. The van der Waals surface area contributed by atoms with Gasteiger partial charge >= 0.3 is 6.18 Å². The van der Waals surface area contributed by atoms with Crippen LogP contribution in [0.25, 0.3) is 5.65 Å². The molecule has 0 saturated heterocycles. The zero-order valence-electron chi connectivity index (χ0n) is 23.1. The maximum atomic E-state index is 14.0. The molecule has 4 rings (SSSR count). The summed E-state index contributed by atoms with van der Waals surface area (Å²) in [5.74, 6) is -3.74. The summed E-state index contributed by atoms with van der Waals surface area (Å²) in [5, 5.41) is 11.1. The van der Waals surface area contributed by atoms with E-state index in [9.17, 15) is 31.0 Å². The fraction of sp³-hybridized carbons (Fsp3) is 0.577. The monoisotopic (exact) mass is 601 g/mol. The van der Waals surface area contributed by atoms with Crippen LogP contribution in [-0.2, 0) is 17.5 Å². The van der Waals surface area contributed by atoms with Gasteiger partial charge in [0.2, 0.25) is 5.92 Å². The first-order valence-electron chi connectivity index (χ1n) is 13.1. The number of alkyl halides is 5. The topological polar surface area (TPSA) is 107 Å². The van der Waals surface area contributed by atoms with Crippen LogP contribution in [0.1, 0.15) is 86.2 Å². The second kappa shape index (κ2) is 11.6. The van der Waals surface area contributed by atoms with Gasteiger partial charge in [-0.05, 0) is 52.5 Å². The first kappa shape index (κ1) is 30.7. The summed E-state index contributed by atoms with van der Waals surface area (Å²) in [4.78, 5) is 17.9. The molecular formula is C26H32F5N7O2S. The van der Waals surface area contributed by atoms with Crippen molar-refractivity contribution >= 4 is 28.8 Å². The summed E-state index contributed by atoms with van der Waals surface area (Å²) >= 11 is 0. The van der Waals surface area contributed by atoms with Crippen LogP contribution in [0.15, 0.2) is 29.1 Å². The summed E-state index contributed by atoms with van der Waals surface area (Å²) in [7, 11) is -1.47. The lowest BCUT2D eigenvalue weighted by molar-refractivity contribution is -0.137. The largest absolute Gasteiger partial charge is 0.390 e. The van der Waals surface area contributed by atoms with E-state index in [2.05, 4.69) is 24.9 Å². The number of aryl methyl sites for hydroxylation is 1. The molecule has 1 fully saturated rings. The molecule has 2 atom stereocenters. The molecule has 3 aromatic heterocycles. The normalized spacial score (nSPS) is 18.2. The molecule has 1 aliphatic carbocycles. The minimum absolute atomic E-state index is 0.0885. The van der Waals surface area contributed by atoms with Crippen LogP contribution in [0.5, 0.6) is 0 Å². The van der Waals surface area contributed by atoms with Gasteiger partial charge in [-0.3, -0.25) is 9.48 Å². The standard InChI is InChI=1S/C26H32F5N7O2S/c1-16-19(14-33-37(16)10-9-26(29,30)31)23(39)36-22(18-5-7-25(27,28)8-6-18)20-15-38-21(35-20)11-17(12-32-38)13-34-41(40)24(2,3)4/h11-15,18,22H,5-10H2,1-4H3,(H,36,39)/t22-,41-/m0/s1. The highest BCUT2D eigenvalue weighted by Crippen LogP contribution is 2.41. The van der Waals surface area contributed by atoms with Gasteiger partial charge in [0, 0.05) is 36.9 Å². The van der Waals surface area contributed by atoms with E-state index in [-0.39, 0.29) is 42.9 Å². The zero-order valence-corrected chi connectivity index (χ0v) is 23.9. The van der Waals surface area contributed by atoms with Crippen LogP contribution in [0.4, 0.5) is 22.0 Å². The highest BCUT2D eigenvalue weighted by atomic mass is 32.2. The minimum atomic E-state index is -4.37. The summed E-state index contributed by atoms with van der Waals surface area (Å²) in [6, 6.07) is 0.909. The van der Waals surface area contributed by atoms with Crippen molar-refractivity contribution in [3.05, 3.63) is 47.2 Å². The lowest BCUT2D eigenvalue weighted by Gasteiger charge is -2.33.